The van der Waals surface area contributed by atoms with Crippen molar-refractivity contribution in [2.24, 2.45) is 0 Å². The highest BCUT2D eigenvalue weighted by atomic mass is 19.3. The molecule has 0 aliphatic heterocycles. The molecule has 158 valence electrons. The first kappa shape index (κ1) is 20.9. The predicted molar refractivity (Wildman–Crippen MR) is 115 cm³/mol. The maximum absolute atomic E-state index is 14.8. The van der Waals surface area contributed by atoms with E-state index in [1.807, 2.05) is 18.2 Å². The highest BCUT2D eigenvalue weighted by Crippen LogP contribution is 2.32. The van der Waals surface area contributed by atoms with Gasteiger partial charge in [0, 0.05) is 5.56 Å². The Balaban J connectivity index is 1.64. The summed E-state index contributed by atoms with van der Waals surface area (Å²) < 4.78 is 57.5. The molecular formula is C26H20F4O. The third kappa shape index (κ3) is 4.55. The van der Waals surface area contributed by atoms with Gasteiger partial charge in [-0.3, -0.25) is 0 Å². The maximum Gasteiger partial charge on any atom is 0.387 e. The van der Waals surface area contributed by atoms with Crippen LogP contribution < -0.4 is 4.74 Å². The lowest BCUT2D eigenvalue weighted by Crippen LogP contribution is -2.03. The molecule has 4 rings (SSSR count). The molecule has 0 N–H and O–H groups in total. The van der Waals surface area contributed by atoms with Crippen LogP contribution in [0.25, 0.3) is 33.0 Å². The van der Waals surface area contributed by atoms with Gasteiger partial charge in [-0.25, -0.2) is 8.78 Å². The molecule has 4 aromatic carbocycles. The molecule has 0 bridgehead atoms. The minimum absolute atomic E-state index is 0.177. The van der Waals surface area contributed by atoms with Crippen LogP contribution in [0.2, 0.25) is 0 Å². The molecule has 1 nitrogen and oxygen atoms in total. The number of fused-ring (bicyclic) bond motifs is 1. The number of hydrogen-bond acceptors (Lipinski definition) is 1. The van der Waals surface area contributed by atoms with Crippen LogP contribution in [-0.2, 0) is 6.42 Å². The van der Waals surface area contributed by atoms with Crippen molar-refractivity contribution < 1.29 is 22.3 Å². The van der Waals surface area contributed by atoms with E-state index in [0.717, 1.165) is 41.3 Å². The number of aryl methyl sites for hydroxylation is 1. The van der Waals surface area contributed by atoms with Gasteiger partial charge in [0.05, 0.1) is 0 Å². The van der Waals surface area contributed by atoms with Crippen molar-refractivity contribution in [1.82, 2.24) is 0 Å². The van der Waals surface area contributed by atoms with Gasteiger partial charge in [0.1, 0.15) is 5.82 Å². The average Bonchev–Trinajstić information content (AvgIpc) is 2.75. The molecule has 0 unspecified atom stereocenters. The Kier molecular flexibility index (Phi) is 5.94. The second-order valence-electron chi connectivity index (χ2n) is 7.36. The van der Waals surface area contributed by atoms with Crippen molar-refractivity contribution in [3.8, 4) is 28.0 Å². The van der Waals surface area contributed by atoms with E-state index in [-0.39, 0.29) is 11.1 Å². The first-order valence-corrected chi connectivity index (χ1v) is 10.0. The van der Waals surface area contributed by atoms with Crippen molar-refractivity contribution in [2.75, 3.05) is 0 Å². The number of halogens is 4. The quantitative estimate of drug-likeness (QED) is 0.285. The molecule has 0 spiro atoms. The number of ether oxygens (including phenoxy) is 1. The fourth-order valence-electron chi connectivity index (χ4n) is 3.71. The van der Waals surface area contributed by atoms with Crippen LogP contribution in [0.1, 0.15) is 18.9 Å². The van der Waals surface area contributed by atoms with Crippen LogP contribution in [0.4, 0.5) is 17.6 Å². The summed E-state index contributed by atoms with van der Waals surface area (Å²) in [6.07, 6.45) is 2.11. The third-order valence-electron chi connectivity index (χ3n) is 5.20. The van der Waals surface area contributed by atoms with Gasteiger partial charge in [-0.2, -0.15) is 8.78 Å². The Hall–Kier alpha value is -3.34. The molecule has 4 aromatic rings. The van der Waals surface area contributed by atoms with Crippen LogP contribution in [0, 0.1) is 11.6 Å². The van der Waals surface area contributed by atoms with E-state index in [1.165, 1.54) is 17.7 Å². The summed E-state index contributed by atoms with van der Waals surface area (Å²) in [6, 6.07) is 20.4. The highest BCUT2D eigenvalue weighted by molar-refractivity contribution is 5.88. The van der Waals surface area contributed by atoms with Crippen LogP contribution in [0.5, 0.6) is 5.75 Å². The standard InChI is InChI=1S/C26H20F4O/c1-2-3-16-4-5-18-13-19(7-6-17(18)12-16)20-8-10-22(23(27)14-20)21-9-11-25(24(28)15-21)31-26(29)30/h4-15,26H,2-3H2,1H3. The van der Waals surface area contributed by atoms with Gasteiger partial charge in [0.15, 0.2) is 11.6 Å². The molecule has 0 saturated heterocycles. The first-order valence-electron chi connectivity index (χ1n) is 10.0. The number of hydrogen-bond donors (Lipinski definition) is 0. The largest absolute Gasteiger partial charge is 0.432 e. The van der Waals surface area contributed by atoms with Crippen molar-refractivity contribution in [3.63, 3.8) is 0 Å². The fraction of sp³-hybridized carbons (Fsp3) is 0.154. The molecule has 0 fully saturated rings. The van der Waals surface area contributed by atoms with Gasteiger partial charge in [0.25, 0.3) is 0 Å². The Morgan fingerprint density at radius 3 is 2.06 bits per heavy atom. The lowest BCUT2D eigenvalue weighted by molar-refractivity contribution is -0.0521. The molecular weight excluding hydrogens is 404 g/mol. The summed E-state index contributed by atoms with van der Waals surface area (Å²) in [5.41, 5.74) is 3.27. The Morgan fingerprint density at radius 2 is 1.35 bits per heavy atom. The monoisotopic (exact) mass is 424 g/mol. The van der Waals surface area contributed by atoms with Gasteiger partial charge >= 0.3 is 6.61 Å². The molecule has 0 aliphatic carbocycles. The summed E-state index contributed by atoms with van der Waals surface area (Å²) in [7, 11) is 0. The SMILES string of the molecule is CCCc1ccc2cc(-c3ccc(-c4ccc(OC(F)F)c(F)c4)c(F)c3)ccc2c1. The molecule has 5 heteroatoms. The minimum Gasteiger partial charge on any atom is -0.432 e. The summed E-state index contributed by atoms with van der Waals surface area (Å²) >= 11 is 0. The van der Waals surface area contributed by atoms with Crippen LogP contribution in [0.15, 0.2) is 72.8 Å². The molecule has 0 atom stereocenters. The van der Waals surface area contributed by atoms with Crippen LogP contribution in [0.3, 0.4) is 0 Å². The maximum atomic E-state index is 14.8. The third-order valence-corrected chi connectivity index (χ3v) is 5.20. The molecule has 0 amide bonds. The van der Waals surface area contributed by atoms with E-state index in [1.54, 1.807) is 12.1 Å². The number of benzene rings is 4. The normalized spacial score (nSPS) is 11.3. The molecule has 0 heterocycles. The fourth-order valence-corrected chi connectivity index (χ4v) is 3.71. The van der Waals surface area contributed by atoms with Gasteiger partial charge < -0.3 is 4.74 Å². The Labute approximate surface area is 177 Å². The minimum atomic E-state index is -3.13. The zero-order valence-corrected chi connectivity index (χ0v) is 16.8. The Bertz CT molecular complexity index is 1230. The highest BCUT2D eigenvalue weighted by Gasteiger charge is 2.13. The molecule has 0 aliphatic rings. The lowest BCUT2D eigenvalue weighted by Gasteiger charge is -2.10. The van der Waals surface area contributed by atoms with E-state index in [9.17, 15) is 17.6 Å². The lowest BCUT2D eigenvalue weighted by atomic mass is 9.96. The van der Waals surface area contributed by atoms with Crippen molar-refractivity contribution >= 4 is 10.8 Å². The van der Waals surface area contributed by atoms with Gasteiger partial charge in [0.2, 0.25) is 0 Å². The van der Waals surface area contributed by atoms with Crippen LogP contribution in [-0.4, -0.2) is 6.61 Å². The van der Waals surface area contributed by atoms with Gasteiger partial charge in [-0.15, -0.1) is 0 Å². The number of rotatable bonds is 6. The number of alkyl halides is 2. The first-order chi connectivity index (χ1) is 14.9. The summed E-state index contributed by atoms with van der Waals surface area (Å²) in [5.74, 6) is -2.08. The van der Waals surface area contributed by atoms with E-state index in [0.29, 0.717) is 5.56 Å². The zero-order chi connectivity index (χ0) is 22.0. The Morgan fingerprint density at radius 1 is 0.710 bits per heavy atom. The van der Waals surface area contributed by atoms with E-state index in [4.69, 9.17) is 0 Å². The summed E-state index contributed by atoms with van der Waals surface area (Å²) in [4.78, 5) is 0. The summed E-state index contributed by atoms with van der Waals surface area (Å²) in [5, 5.41) is 2.20. The second kappa shape index (κ2) is 8.80. The second-order valence-corrected chi connectivity index (χ2v) is 7.36. The average molecular weight is 424 g/mol. The molecule has 0 saturated carbocycles. The van der Waals surface area contributed by atoms with Gasteiger partial charge in [-0.1, -0.05) is 61.9 Å². The van der Waals surface area contributed by atoms with Crippen LogP contribution >= 0.6 is 0 Å². The predicted octanol–water partition coefficient (Wildman–Crippen LogP) is 8.01. The molecule has 0 radical (unpaired) electrons. The topological polar surface area (TPSA) is 9.23 Å². The van der Waals surface area contributed by atoms with Crippen molar-refractivity contribution in [3.05, 3.63) is 90.0 Å². The molecule has 31 heavy (non-hydrogen) atoms. The zero-order valence-electron chi connectivity index (χ0n) is 16.8. The smallest absolute Gasteiger partial charge is 0.387 e. The van der Waals surface area contributed by atoms with E-state index >= 15 is 0 Å². The van der Waals surface area contributed by atoms with E-state index < -0.39 is 24.0 Å². The van der Waals surface area contributed by atoms with Gasteiger partial charge in [-0.05, 0) is 63.7 Å². The summed E-state index contributed by atoms with van der Waals surface area (Å²) in [6.45, 7) is -0.984. The van der Waals surface area contributed by atoms with Crippen molar-refractivity contribution in [1.29, 1.82) is 0 Å². The van der Waals surface area contributed by atoms with E-state index in [2.05, 4.69) is 29.9 Å². The molecule has 0 aromatic heterocycles. The van der Waals surface area contributed by atoms with Crippen molar-refractivity contribution in [2.45, 2.75) is 26.4 Å².